The van der Waals surface area contributed by atoms with Crippen molar-refractivity contribution in [2.75, 3.05) is 6.54 Å². The molecule has 0 aromatic heterocycles. The van der Waals surface area contributed by atoms with Gasteiger partial charge in [-0.2, -0.15) is 0 Å². The van der Waals surface area contributed by atoms with Crippen molar-refractivity contribution in [3.63, 3.8) is 0 Å². The molecule has 0 bridgehead atoms. The summed E-state index contributed by atoms with van der Waals surface area (Å²) in [5.74, 6) is -0.825. The zero-order valence-corrected chi connectivity index (χ0v) is 31.5. The van der Waals surface area contributed by atoms with E-state index in [-0.39, 0.29) is 29.7 Å². The summed E-state index contributed by atoms with van der Waals surface area (Å²) >= 11 is 0. The molecule has 52 heavy (non-hydrogen) atoms. The Morgan fingerprint density at radius 2 is 0.750 bits per heavy atom. The van der Waals surface area contributed by atoms with Crippen molar-refractivity contribution in [3.05, 3.63) is 70.8 Å². The SMILES string of the molecule is CCCCCCCC(CCCCCCC)N1C(=O)c2ccc3c4ccc5c6c(ccc(c7ccc(c2c37)C1=O)c64)C(=O)N(CCCCCCC)C5=O. The molecule has 0 saturated carbocycles. The minimum absolute atomic E-state index is 0.110. The summed E-state index contributed by atoms with van der Waals surface area (Å²) in [6.07, 6.45) is 18.4. The van der Waals surface area contributed by atoms with Crippen LogP contribution in [0.5, 0.6) is 0 Å². The van der Waals surface area contributed by atoms with E-state index in [1.165, 1.54) is 43.4 Å². The third-order valence-electron chi connectivity index (χ3n) is 11.9. The minimum atomic E-state index is -0.227. The summed E-state index contributed by atoms with van der Waals surface area (Å²) < 4.78 is 0. The van der Waals surface area contributed by atoms with Crippen molar-refractivity contribution in [3.8, 4) is 0 Å². The number of hydrogen-bond donors (Lipinski definition) is 0. The molecule has 0 saturated heterocycles. The Bertz CT molecular complexity index is 2010. The number of hydrogen-bond acceptors (Lipinski definition) is 4. The van der Waals surface area contributed by atoms with Crippen molar-refractivity contribution in [1.82, 2.24) is 9.80 Å². The third-order valence-corrected chi connectivity index (χ3v) is 11.9. The van der Waals surface area contributed by atoms with Crippen LogP contribution in [-0.2, 0) is 0 Å². The second-order valence-electron chi connectivity index (χ2n) is 15.4. The highest BCUT2D eigenvalue weighted by atomic mass is 16.2. The Hall–Kier alpha value is -4.32. The molecule has 2 aliphatic rings. The largest absolute Gasteiger partial charge is 0.274 e. The molecule has 4 amide bonds. The third kappa shape index (κ3) is 6.26. The quantitative estimate of drug-likeness (QED) is 0.0372. The van der Waals surface area contributed by atoms with Crippen LogP contribution in [0.2, 0.25) is 0 Å². The molecule has 2 aliphatic heterocycles. The molecule has 0 atom stereocenters. The van der Waals surface area contributed by atoms with Gasteiger partial charge in [0.25, 0.3) is 23.6 Å². The molecule has 5 aromatic rings. The fourth-order valence-electron chi connectivity index (χ4n) is 9.11. The predicted octanol–water partition coefficient (Wildman–Crippen LogP) is 12.0. The molecule has 0 spiro atoms. The van der Waals surface area contributed by atoms with E-state index in [1.54, 1.807) is 4.90 Å². The monoisotopic (exact) mass is 698 g/mol. The van der Waals surface area contributed by atoms with Gasteiger partial charge in [0.1, 0.15) is 0 Å². The molecular weight excluding hydrogens is 645 g/mol. The fourth-order valence-corrected chi connectivity index (χ4v) is 9.11. The maximum atomic E-state index is 14.5. The van der Waals surface area contributed by atoms with Crippen LogP contribution in [0.25, 0.3) is 43.1 Å². The maximum Gasteiger partial charge on any atom is 0.261 e. The zero-order valence-electron chi connectivity index (χ0n) is 31.5. The number of amides is 4. The number of fused-ring (bicyclic) bond motifs is 2. The van der Waals surface area contributed by atoms with Crippen molar-refractivity contribution in [1.29, 1.82) is 0 Å². The van der Waals surface area contributed by atoms with Crippen LogP contribution >= 0.6 is 0 Å². The molecule has 2 heterocycles. The van der Waals surface area contributed by atoms with Gasteiger partial charge in [-0.3, -0.25) is 29.0 Å². The molecule has 7 rings (SSSR count). The van der Waals surface area contributed by atoms with Crippen LogP contribution in [0.1, 0.15) is 171 Å². The van der Waals surface area contributed by atoms with Crippen LogP contribution in [-0.4, -0.2) is 46.0 Å². The van der Waals surface area contributed by atoms with E-state index in [4.69, 9.17) is 0 Å². The molecule has 272 valence electrons. The first-order valence-electron chi connectivity index (χ1n) is 20.4. The first kappa shape index (κ1) is 36.1. The van der Waals surface area contributed by atoms with E-state index in [1.807, 2.05) is 48.5 Å². The summed E-state index contributed by atoms with van der Waals surface area (Å²) in [6, 6.07) is 15.5. The van der Waals surface area contributed by atoms with Gasteiger partial charge in [-0.15, -0.1) is 0 Å². The first-order valence-corrected chi connectivity index (χ1v) is 20.4. The van der Waals surface area contributed by atoms with Gasteiger partial charge in [-0.25, -0.2) is 0 Å². The Labute approximate surface area is 308 Å². The summed E-state index contributed by atoms with van der Waals surface area (Å²) in [6.45, 7) is 7.04. The number of benzene rings is 5. The highest BCUT2D eigenvalue weighted by Crippen LogP contribution is 2.46. The molecule has 0 N–H and O–H groups in total. The van der Waals surface area contributed by atoms with Crippen molar-refractivity contribution < 1.29 is 19.2 Å². The van der Waals surface area contributed by atoms with Crippen LogP contribution in [0.15, 0.2) is 48.5 Å². The minimum Gasteiger partial charge on any atom is -0.274 e. The molecule has 0 fully saturated rings. The molecule has 5 aromatic carbocycles. The molecule has 6 nitrogen and oxygen atoms in total. The van der Waals surface area contributed by atoms with Gasteiger partial charge < -0.3 is 0 Å². The van der Waals surface area contributed by atoms with Crippen molar-refractivity contribution >= 4 is 66.7 Å². The summed E-state index contributed by atoms with van der Waals surface area (Å²) in [5.41, 5.74) is 2.31. The van der Waals surface area contributed by atoms with Gasteiger partial charge in [-0.05, 0) is 75.8 Å². The lowest BCUT2D eigenvalue weighted by molar-refractivity contribution is 0.0514. The van der Waals surface area contributed by atoms with Gasteiger partial charge in [-0.1, -0.05) is 135 Å². The van der Waals surface area contributed by atoms with Crippen molar-refractivity contribution in [2.24, 2.45) is 0 Å². The van der Waals surface area contributed by atoms with Gasteiger partial charge in [0.15, 0.2) is 0 Å². The van der Waals surface area contributed by atoms with Crippen LogP contribution < -0.4 is 0 Å². The fraction of sp³-hybridized carbons (Fsp3) is 0.478. The summed E-state index contributed by atoms with van der Waals surface area (Å²) in [7, 11) is 0. The maximum absolute atomic E-state index is 14.5. The second kappa shape index (κ2) is 15.7. The Kier molecular flexibility index (Phi) is 10.9. The number of carbonyl (C=O) groups excluding carboxylic acids is 4. The molecule has 0 unspecified atom stereocenters. The lowest BCUT2D eigenvalue weighted by Crippen LogP contribution is -2.47. The van der Waals surface area contributed by atoms with E-state index in [0.717, 1.165) is 108 Å². The van der Waals surface area contributed by atoms with E-state index >= 15 is 0 Å². The number of unbranched alkanes of at least 4 members (excludes halogenated alkanes) is 12. The van der Waals surface area contributed by atoms with E-state index in [0.29, 0.717) is 34.2 Å². The number of rotatable bonds is 19. The number of nitrogens with zero attached hydrogens (tertiary/aromatic N) is 2. The van der Waals surface area contributed by atoms with E-state index in [2.05, 4.69) is 20.8 Å². The molecule has 0 aliphatic carbocycles. The summed E-state index contributed by atoms with van der Waals surface area (Å²) in [4.78, 5) is 59.7. The Morgan fingerprint density at radius 3 is 1.13 bits per heavy atom. The van der Waals surface area contributed by atoms with Gasteiger partial charge >= 0.3 is 0 Å². The molecule has 0 radical (unpaired) electrons. The summed E-state index contributed by atoms with van der Waals surface area (Å²) in [5, 5.41) is 6.97. The standard InChI is InChI=1S/C46H54N2O4/c1-4-7-10-13-16-19-30(20-17-14-11-8-5-2)48-45(51)37-27-23-33-31-21-25-35-41-36(44(50)47(43(35)49)29-18-15-12-9-6-3)26-22-32(39(31)41)34-24-28-38(46(48)52)42(37)40(33)34/h21-28,30H,4-20,29H2,1-3H3. The van der Waals surface area contributed by atoms with Gasteiger partial charge in [0.2, 0.25) is 0 Å². The van der Waals surface area contributed by atoms with Gasteiger partial charge in [0.05, 0.1) is 0 Å². The van der Waals surface area contributed by atoms with E-state index in [9.17, 15) is 19.2 Å². The zero-order chi connectivity index (χ0) is 36.4. The molecular formula is C46H54N2O4. The Balaban J connectivity index is 1.27. The predicted molar refractivity (Wildman–Crippen MR) is 213 cm³/mol. The number of carbonyl (C=O) groups is 4. The topological polar surface area (TPSA) is 74.8 Å². The van der Waals surface area contributed by atoms with Gasteiger partial charge in [0, 0.05) is 45.6 Å². The molecule has 6 heteroatoms. The second-order valence-corrected chi connectivity index (χ2v) is 15.4. The lowest BCUT2D eigenvalue weighted by atomic mass is 9.82. The highest BCUT2D eigenvalue weighted by molar-refractivity contribution is 6.41. The Morgan fingerprint density at radius 1 is 0.404 bits per heavy atom. The highest BCUT2D eigenvalue weighted by Gasteiger charge is 2.39. The first-order chi connectivity index (χ1) is 25.4. The normalized spacial score (nSPS) is 14.5. The van der Waals surface area contributed by atoms with Crippen LogP contribution in [0, 0.1) is 0 Å². The van der Waals surface area contributed by atoms with Crippen LogP contribution in [0.3, 0.4) is 0 Å². The van der Waals surface area contributed by atoms with E-state index < -0.39 is 0 Å². The smallest absolute Gasteiger partial charge is 0.261 e. The van der Waals surface area contributed by atoms with Crippen LogP contribution in [0.4, 0.5) is 0 Å². The number of imide groups is 2. The lowest BCUT2D eigenvalue weighted by Gasteiger charge is -2.35. The van der Waals surface area contributed by atoms with Crippen molar-refractivity contribution in [2.45, 2.75) is 136 Å². The average molecular weight is 699 g/mol. The average Bonchev–Trinajstić information content (AvgIpc) is 3.16.